The number of nitrogens with one attached hydrogen (secondary N) is 1. The van der Waals surface area contributed by atoms with Gasteiger partial charge in [0, 0.05) is 20.0 Å². The third-order valence-corrected chi connectivity index (χ3v) is 3.69. The molecule has 0 aliphatic carbocycles. The van der Waals surface area contributed by atoms with Crippen LogP contribution in [0.2, 0.25) is 0 Å². The van der Waals surface area contributed by atoms with Crippen LogP contribution in [0, 0.1) is 0 Å². The van der Waals surface area contributed by atoms with E-state index in [4.69, 9.17) is 5.11 Å². The van der Waals surface area contributed by atoms with E-state index in [-0.39, 0.29) is 12.5 Å². The second-order valence-corrected chi connectivity index (χ2v) is 5.37. The fourth-order valence-corrected chi connectivity index (χ4v) is 2.54. The maximum Gasteiger partial charge on any atom is 0.323 e. The van der Waals surface area contributed by atoms with Crippen LogP contribution in [-0.2, 0) is 4.79 Å². The summed E-state index contributed by atoms with van der Waals surface area (Å²) in [6, 6.07) is 7.36. The van der Waals surface area contributed by atoms with E-state index in [0.29, 0.717) is 18.1 Å². The normalized spacial score (nSPS) is 10.4. The lowest BCUT2D eigenvalue weighted by atomic mass is 10.3. The molecule has 0 unspecified atom stereocenters. The number of nitrogens with zero attached hydrogens (tertiary/aromatic N) is 2. The van der Waals surface area contributed by atoms with Crippen molar-refractivity contribution in [2.45, 2.75) is 12.8 Å². The zero-order valence-electron chi connectivity index (χ0n) is 11.0. The van der Waals surface area contributed by atoms with Crippen molar-refractivity contribution in [1.82, 2.24) is 9.88 Å². The first-order valence-corrected chi connectivity index (χ1v) is 6.97. The number of hydrogen-bond donors (Lipinski definition) is 2. The average Bonchev–Trinajstić information content (AvgIpc) is 2.80. The predicted octanol–water partition coefficient (Wildman–Crippen LogP) is 2.62. The highest BCUT2D eigenvalue weighted by atomic mass is 32.1. The van der Waals surface area contributed by atoms with Gasteiger partial charge in [-0.05, 0) is 18.6 Å². The predicted molar refractivity (Wildman–Crippen MR) is 78.1 cm³/mol. The second kappa shape index (κ2) is 6.33. The molecule has 1 aromatic heterocycles. The van der Waals surface area contributed by atoms with E-state index in [1.165, 1.54) is 16.2 Å². The highest BCUT2D eigenvalue weighted by Crippen LogP contribution is 2.25. The lowest BCUT2D eigenvalue weighted by molar-refractivity contribution is -0.137. The average molecular weight is 293 g/mol. The fourth-order valence-electron chi connectivity index (χ4n) is 1.68. The topological polar surface area (TPSA) is 82.5 Å². The monoisotopic (exact) mass is 293 g/mol. The minimum absolute atomic E-state index is 0.0543. The highest BCUT2D eigenvalue weighted by molar-refractivity contribution is 7.22. The summed E-state index contributed by atoms with van der Waals surface area (Å²) in [5, 5.41) is 11.8. The van der Waals surface area contributed by atoms with Crippen LogP contribution in [0.25, 0.3) is 10.2 Å². The fraction of sp³-hybridized carbons (Fsp3) is 0.308. The van der Waals surface area contributed by atoms with Crippen LogP contribution in [0.3, 0.4) is 0 Å². The summed E-state index contributed by atoms with van der Waals surface area (Å²) in [5.74, 6) is -0.856. The van der Waals surface area contributed by atoms with Crippen molar-refractivity contribution >= 4 is 38.7 Å². The van der Waals surface area contributed by atoms with Crippen LogP contribution in [0.4, 0.5) is 9.93 Å². The number of hydrogen-bond acceptors (Lipinski definition) is 4. The number of thiazole rings is 1. The van der Waals surface area contributed by atoms with Crippen LogP contribution < -0.4 is 5.32 Å². The molecule has 2 aromatic rings. The van der Waals surface area contributed by atoms with Crippen LogP contribution in [0.15, 0.2) is 24.3 Å². The van der Waals surface area contributed by atoms with E-state index >= 15 is 0 Å². The van der Waals surface area contributed by atoms with Gasteiger partial charge in [-0.2, -0.15) is 0 Å². The molecule has 6 nitrogen and oxygen atoms in total. The maximum atomic E-state index is 11.9. The second-order valence-electron chi connectivity index (χ2n) is 4.34. The summed E-state index contributed by atoms with van der Waals surface area (Å²) in [5.41, 5.74) is 0.848. The zero-order valence-corrected chi connectivity index (χ0v) is 11.8. The Labute approximate surface area is 120 Å². The van der Waals surface area contributed by atoms with E-state index in [1.54, 1.807) is 7.05 Å². The Balaban J connectivity index is 1.91. The molecule has 0 aliphatic rings. The zero-order chi connectivity index (χ0) is 14.5. The number of urea groups is 1. The molecule has 0 fully saturated rings. The van der Waals surface area contributed by atoms with Gasteiger partial charge in [0.2, 0.25) is 0 Å². The van der Waals surface area contributed by atoms with Crippen molar-refractivity contribution in [1.29, 1.82) is 0 Å². The first-order valence-electron chi connectivity index (χ1n) is 6.16. The van der Waals surface area contributed by atoms with Crippen molar-refractivity contribution in [3.8, 4) is 0 Å². The Morgan fingerprint density at radius 3 is 2.85 bits per heavy atom. The third kappa shape index (κ3) is 3.67. The van der Waals surface area contributed by atoms with Crippen LogP contribution in [-0.4, -0.2) is 40.6 Å². The van der Waals surface area contributed by atoms with Gasteiger partial charge in [-0.15, -0.1) is 0 Å². The van der Waals surface area contributed by atoms with Gasteiger partial charge >= 0.3 is 12.0 Å². The van der Waals surface area contributed by atoms with Crippen LogP contribution in [0.1, 0.15) is 12.8 Å². The SMILES string of the molecule is CN(CCCC(=O)O)C(=O)Nc1nc2ccccc2s1. The number of aromatic nitrogens is 1. The van der Waals surface area contributed by atoms with Crippen molar-refractivity contribution in [3.05, 3.63) is 24.3 Å². The molecule has 2 N–H and O–H groups in total. The Morgan fingerprint density at radius 2 is 2.15 bits per heavy atom. The summed E-state index contributed by atoms with van der Waals surface area (Å²) in [6.45, 7) is 0.392. The van der Waals surface area contributed by atoms with E-state index in [0.717, 1.165) is 10.2 Å². The van der Waals surface area contributed by atoms with E-state index in [1.807, 2.05) is 24.3 Å². The number of carbonyl (C=O) groups is 2. The van der Waals surface area contributed by atoms with Crippen LogP contribution >= 0.6 is 11.3 Å². The first-order chi connectivity index (χ1) is 9.56. The number of benzene rings is 1. The molecule has 2 rings (SSSR count). The Hall–Kier alpha value is -2.15. The van der Waals surface area contributed by atoms with E-state index in [9.17, 15) is 9.59 Å². The summed E-state index contributed by atoms with van der Waals surface area (Å²) >= 11 is 1.41. The van der Waals surface area contributed by atoms with E-state index < -0.39 is 5.97 Å². The molecule has 20 heavy (non-hydrogen) atoms. The van der Waals surface area contributed by atoms with Crippen molar-refractivity contribution in [2.75, 3.05) is 18.9 Å². The van der Waals surface area contributed by atoms with Crippen molar-refractivity contribution < 1.29 is 14.7 Å². The largest absolute Gasteiger partial charge is 0.481 e. The smallest absolute Gasteiger partial charge is 0.323 e. The summed E-state index contributed by atoms with van der Waals surface area (Å²) in [7, 11) is 1.63. The Morgan fingerprint density at radius 1 is 1.40 bits per heavy atom. The van der Waals surface area contributed by atoms with Crippen molar-refractivity contribution in [3.63, 3.8) is 0 Å². The maximum absolute atomic E-state index is 11.9. The van der Waals surface area contributed by atoms with Gasteiger partial charge in [-0.3, -0.25) is 10.1 Å². The highest BCUT2D eigenvalue weighted by Gasteiger charge is 2.11. The number of anilines is 1. The summed E-state index contributed by atoms with van der Waals surface area (Å²) in [4.78, 5) is 28.1. The number of fused-ring (bicyclic) bond motifs is 1. The molecular formula is C13H15N3O3S. The molecule has 106 valence electrons. The molecule has 1 aromatic carbocycles. The molecule has 0 radical (unpaired) electrons. The minimum atomic E-state index is -0.856. The van der Waals surface area contributed by atoms with Gasteiger partial charge < -0.3 is 10.0 Å². The first kappa shape index (κ1) is 14.3. The molecule has 7 heteroatoms. The Kier molecular flexibility index (Phi) is 4.52. The number of amides is 2. The summed E-state index contributed by atoms with van der Waals surface area (Å²) in [6.07, 6.45) is 0.484. The number of carboxylic acids is 1. The van der Waals surface area contributed by atoms with Gasteiger partial charge in [0.05, 0.1) is 10.2 Å². The Bertz CT molecular complexity index is 593. The lowest BCUT2D eigenvalue weighted by Gasteiger charge is -2.16. The van der Waals surface area contributed by atoms with Gasteiger partial charge in [0.1, 0.15) is 0 Å². The van der Waals surface area contributed by atoms with E-state index in [2.05, 4.69) is 10.3 Å². The number of para-hydroxylation sites is 1. The minimum Gasteiger partial charge on any atom is -0.481 e. The number of carbonyl (C=O) groups excluding carboxylic acids is 1. The van der Waals surface area contributed by atoms with Crippen molar-refractivity contribution in [2.24, 2.45) is 0 Å². The standard InChI is InChI=1S/C13H15N3O3S/c1-16(8-4-7-11(17)18)13(19)15-12-14-9-5-2-3-6-10(9)20-12/h2-3,5-6H,4,7-8H2,1H3,(H,17,18)(H,14,15,19). The molecule has 0 saturated heterocycles. The molecule has 2 amide bonds. The summed E-state index contributed by atoms with van der Waals surface area (Å²) < 4.78 is 1.01. The van der Waals surface area contributed by atoms with Crippen LogP contribution in [0.5, 0.6) is 0 Å². The quantitative estimate of drug-likeness (QED) is 0.887. The number of carboxylic acid groups (broad SMARTS) is 1. The van der Waals surface area contributed by atoms with Gasteiger partial charge in [0.25, 0.3) is 0 Å². The van der Waals surface area contributed by atoms with Gasteiger partial charge in [-0.25, -0.2) is 9.78 Å². The molecule has 0 atom stereocenters. The number of rotatable bonds is 5. The number of aliphatic carboxylic acids is 1. The molecule has 1 heterocycles. The van der Waals surface area contributed by atoms with Gasteiger partial charge in [0.15, 0.2) is 5.13 Å². The molecular weight excluding hydrogens is 278 g/mol. The van der Waals surface area contributed by atoms with Gasteiger partial charge in [-0.1, -0.05) is 23.5 Å². The molecule has 0 spiro atoms. The lowest BCUT2D eigenvalue weighted by Crippen LogP contribution is -2.32. The molecule has 0 aliphatic heterocycles. The molecule has 0 saturated carbocycles. The third-order valence-electron chi connectivity index (χ3n) is 2.74. The molecule has 0 bridgehead atoms.